The molecule has 1 aliphatic carbocycles. The summed E-state index contributed by atoms with van der Waals surface area (Å²) in [7, 11) is 1.73. The first kappa shape index (κ1) is 20.0. The molecule has 3 amide bonds. The van der Waals surface area contributed by atoms with Crippen molar-refractivity contribution in [3.63, 3.8) is 0 Å². The topological polar surface area (TPSA) is 107 Å². The molecule has 150 valence electrons. The van der Waals surface area contributed by atoms with Crippen molar-refractivity contribution in [2.75, 3.05) is 13.6 Å². The molecule has 3 rings (SSSR count). The third kappa shape index (κ3) is 5.16. The Labute approximate surface area is 163 Å². The van der Waals surface area contributed by atoms with Crippen molar-refractivity contribution in [3.05, 3.63) is 40.4 Å². The summed E-state index contributed by atoms with van der Waals surface area (Å²) in [5, 5.41) is 5.81. The molecule has 0 unspecified atom stereocenters. The summed E-state index contributed by atoms with van der Waals surface area (Å²) in [5.41, 5.74) is 0.402. The van der Waals surface area contributed by atoms with Gasteiger partial charge in [0.15, 0.2) is 0 Å². The number of hydrogen-bond donors (Lipinski definition) is 3. The number of benzene rings is 1. The second-order valence-electron chi connectivity index (χ2n) is 7.59. The smallest absolute Gasteiger partial charge is 0.321 e. The third-order valence-electron chi connectivity index (χ3n) is 5.18. The molecule has 8 nitrogen and oxygen atoms in total. The van der Waals surface area contributed by atoms with Crippen molar-refractivity contribution in [3.8, 4) is 0 Å². The van der Waals surface area contributed by atoms with E-state index < -0.39 is 11.9 Å². The summed E-state index contributed by atoms with van der Waals surface area (Å²) in [6.07, 6.45) is 4.33. The van der Waals surface area contributed by atoms with Gasteiger partial charge in [-0.3, -0.25) is 19.8 Å². The zero-order chi connectivity index (χ0) is 20.1. The van der Waals surface area contributed by atoms with Gasteiger partial charge in [-0.2, -0.15) is 0 Å². The van der Waals surface area contributed by atoms with E-state index in [9.17, 15) is 14.4 Å². The molecule has 0 saturated heterocycles. The Morgan fingerprint density at radius 3 is 2.79 bits per heavy atom. The van der Waals surface area contributed by atoms with Crippen molar-refractivity contribution in [1.82, 2.24) is 25.5 Å². The number of carbonyl (C=O) groups is 2. The molecule has 0 radical (unpaired) electrons. The number of aromatic nitrogens is 2. The highest BCUT2D eigenvalue weighted by atomic mass is 16.2. The Kier molecular flexibility index (Phi) is 6.41. The Morgan fingerprint density at radius 1 is 1.25 bits per heavy atom. The van der Waals surface area contributed by atoms with E-state index in [0.717, 1.165) is 19.3 Å². The van der Waals surface area contributed by atoms with Crippen molar-refractivity contribution >= 4 is 22.8 Å². The van der Waals surface area contributed by atoms with Gasteiger partial charge in [0.1, 0.15) is 5.82 Å². The highest BCUT2D eigenvalue weighted by Gasteiger charge is 2.23. The van der Waals surface area contributed by atoms with Crippen molar-refractivity contribution in [1.29, 1.82) is 0 Å². The first-order chi connectivity index (χ1) is 13.4. The van der Waals surface area contributed by atoms with Crippen LogP contribution in [0.15, 0.2) is 29.1 Å². The minimum absolute atomic E-state index is 0.0180. The highest BCUT2D eigenvalue weighted by molar-refractivity contribution is 5.95. The van der Waals surface area contributed by atoms with Crippen LogP contribution in [0.1, 0.15) is 38.4 Å². The summed E-state index contributed by atoms with van der Waals surface area (Å²) in [6.45, 7) is 2.43. The molecule has 28 heavy (non-hydrogen) atoms. The number of hydrogen-bond acceptors (Lipinski definition) is 5. The molecule has 1 saturated carbocycles. The molecular formula is C20H27N5O3. The lowest BCUT2D eigenvalue weighted by Crippen LogP contribution is -2.49. The molecule has 1 aromatic carbocycles. The highest BCUT2D eigenvalue weighted by Crippen LogP contribution is 2.23. The molecule has 2 atom stereocenters. The van der Waals surface area contributed by atoms with Crippen molar-refractivity contribution in [2.24, 2.45) is 5.92 Å². The average Bonchev–Trinajstić information content (AvgIpc) is 2.63. The van der Waals surface area contributed by atoms with Gasteiger partial charge < -0.3 is 10.3 Å². The zero-order valence-corrected chi connectivity index (χ0v) is 16.3. The molecule has 2 aromatic rings. The predicted molar refractivity (Wildman–Crippen MR) is 107 cm³/mol. The summed E-state index contributed by atoms with van der Waals surface area (Å²) in [4.78, 5) is 45.2. The SMILES string of the molecule is C[C@H]1CCCC[C@H]1NC(=O)NC(=O)CN(C)Cc1nc2ccccc2c(=O)[nH]1. The Balaban J connectivity index is 1.51. The maximum atomic E-state index is 12.2. The summed E-state index contributed by atoms with van der Waals surface area (Å²) in [6, 6.07) is 6.77. The van der Waals surface area contributed by atoms with Crippen LogP contribution in [0.2, 0.25) is 0 Å². The quantitative estimate of drug-likeness (QED) is 0.727. The zero-order valence-electron chi connectivity index (χ0n) is 16.3. The molecule has 1 aromatic heterocycles. The van der Waals surface area contributed by atoms with Gasteiger partial charge in [0, 0.05) is 6.04 Å². The molecule has 1 heterocycles. The van der Waals surface area contributed by atoms with Crippen LogP contribution in [-0.2, 0) is 11.3 Å². The van der Waals surface area contributed by atoms with Gasteiger partial charge in [-0.15, -0.1) is 0 Å². The Hall–Kier alpha value is -2.74. The van der Waals surface area contributed by atoms with Gasteiger partial charge in [0.2, 0.25) is 5.91 Å². The van der Waals surface area contributed by atoms with E-state index in [2.05, 4.69) is 27.5 Å². The lowest BCUT2D eigenvalue weighted by molar-refractivity contribution is -0.121. The fourth-order valence-electron chi connectivity index (χ4n) is 3.67. The minimum Gasteiger partial charge on any atom is -0.335 e. The first-order valence-corrected chi connectivity index (χ1v) is 9.69. The summed E-state index contributed by atoms with van der Waals surface area (Å²) >= 11 is 0. The normalized spacial score (nSPS) is 19.5. The summed E-state index contributed by atoms with van der Waals surface area (Å²) < 4.78 is 0. The molecule has 0 bridgehead atoms. The molecule has 0 spiro atoms. The van der Waals surface area contributed by atoms with Gasteiger partial charge in [0.25, 0.3) is 5.56 Å². The molecular weight excluding hydrogens is 358 g/mol. The van der Waals surface area contributed by atoms with Crippen LogP contribution < -0.4 is 16.2 Å². The second kappa shape index (κ2) is 8.97. The largest absolute Gasteiger partial charge is 0.335 e. The van der Waals surface area contributed by atoms with Crippen molar-refractivity contribution in [2.45, 2.75) is 45.2 Å². The van der Waals surface area contributed by atoms with E-state index in [4.69, 9.17) is 0 Å². The number of H-pyrrole nitrogens is 1. The predicted octanol–water partition coefficient (Wildman–Crippen LogP) is 1.76. The number of rotatable bonds is 5. The van der Waals surface area contributed by atoms with E-state index in [1.54, 1.807) is 30.1 Å². The van der Waals surface area contributed by atoms with Gasteiger partial charge in [-0.05, 0) is 37.9 Å². The molecule has 1 fully saturated rings. The lowest BCUT2D eigenvalue weighted by atomic mass is 9.86. The van der Waals surface area contributed by atoms with Gasteiger partial charge in [-0.1, -0.05) is 31.9 Å². The summed E-state index contributed by atoms with van der Waals surface area (Å²) in [5.74, 6) is 0.499. The number of likely N-dealkylation sites (N-methyl/N-ethyl adjacent to an activating group) is 1. The van der Waals surface area contributed by atoms with E-state index in [1.165, 1.54) is 6.42 Å². The number of carbonyl (C=O) groups excluding carboxylic acids is 2. The fourth-order valence-corrected chi connectivity index (χ4v) is 3.67. The van der Waals surface area contributed by atoms with Crippen LogP contribution in [0.4, 0.5) is 4.79 Å². The number of imide groups is 1. The number of para-hydroxylation sites is 1. The Morgan fingerprint density at radius 2 is 2.00 bits per heavy atom. The first-order valence-electron chi connectivity index (χ1n) is 9.69. The maximum Gasteiger partial charge on any atom is 0.321 e. The van der Waals surface area contributed by atoms with Crippen LogP contribution in [0, 0.1) is 5.92 Å². The van der Waals surface area contributed by atoms with Crippen LogP contribution in [0.3, 0.4) is 0 Å². The van der Waals surface area contributed by atoms with Crippen LogP contribution >= 0.6 is 0 Å². The lowest BCUT2D eigenvalue weighted by Gasteiger charge is -2.29. The number of amides is 3. The molecule has 1 aliphatic rings. The fraction of sp³-hybridized carbons (Fsp3) is 0.500. The van der Waals surface area contributed by atoms with Crippen LogP contribution in [0.5, 0.6) is 0 Å². The van der Waals surface area contributed by atoms with Gasteiger partial charge in [0.05, 0.1) is 24.0 Å². The number of aromatic amines is 1. The van der Waals surface area contributed by atoms with Gasteiger partial charge >= 0.3 is 6.03 Å². The second-order valence-corrected chi connectivity index (χ2v) is 7.59. The number of nitrogens with zero attached hydrogens (tertiary/aromatic N) is 2. The van der Waals surface area contributed by atoms with E-state index in [-0.39, 0.29) is 24.7 Å². The van der Waals surface area contributed by atoms with E-state index in [0.29, 0.717) is 22.6 Å². The minimum atomic E-state index is -0.450. The third-order valence-corrected chi connectivity index (χ3v) is 5.18. The average molecular weight is 385 g/mol. The molecule has 0 aliphatic heterocycles. The number of urea groups is 1. The number of nitrogens with one attached hydrogen (secondary N) is 3. The number of fused-ring (bicyclic) bond motifs is 1. The molecule has 8 heteroatoms. The van der Waals surface area contributed by atoms with Crippen LogP contribution in [-0.4, -0.2) is 46.4 Å². The van der Waals surface area contributed by atoms with Crippen molar-refractivity contribution < 1.29 is 9.59 Å². The Bertz CT molecular complexity index is 910. The van der Waals surface area contributed by atoms with Crippen LogP contribution in [0.25, 0.3) is 10.9 Å². The maximum absolute atomic E-state index is 12.2. The van der Waals surface area contributed by atoms with E-state index >= 15 is 0 Å². The molecule has 3 N–H and O–H groups in total. The monoisotopic (exact) mass is 385 g/mol. The standard InChI is InChI=1S/C20H27N5O3/c1-13-7-3-5-9-15(13)22-20(28)24-18(26)12-25(2)11-17-21-16-10-6-4-8-14(16)19(27)23-17/h4,6,8,10,13,15H,3,5,7,9,11-12H2,1-2H3,(H,21,23,27)(H2,22,24,26,28)/t13-,15+/m0/s1. The van der Waals surface area contributed by atoms with Gasteiger partial charge in [-0.25, -0.2) is 9.78 Å². The van der Waals surface area contributed by atoms with E-state index in [1.807, 2.05) is 6.07 Å².